The smallest absolute Gasteiger partial charge is 0.265 e. The van der Waals surface area contributed by atoms with E-state index in [0.717, 1.165) is 12.1 Å². The summed E-state index contributed by atoms with van der Waals surface area (Å²) >= 11 is 0. The van der Waals surface area contributed by atoms with Gasteiger partial charge in [-0.25, -0.2) is 8.78 Å². The third kappa shape index (κ3) is 4.13. The fourth-order valence-electron chi connectivity index (χ4n) is 0.439. The first-order valence-electron chi connectivity index (χ1n) is 2.66. The molecule has 0 aromatic heterocycles. The van der Waals surface area contributed by atoms with Gasteiger partial charge in [-0.2, -0.15) is 4.39 Å². The van der Waals surface area contributed by atoms with Crippen molar-refractivity contribution in [3.05, 3.63) is 35.9 Å². The highest BCUT2D eigenvalue weighted by atomic mass is 19.2. The number of carbonyl (C=O) groups excluding carboxylic acids is 1. The van der Waals surface area contributed by atoms with E-state index in [-0.39, 0.29) is 0 Å². The summed E-state index contributed by atoms with van der Waals surface area (Å²) in [5.74, 6) is -1.60. The Bertz CT molecular complexity index is 204. The molecule has 0 aliphatic rings. The monoisotopic (exact) mass is 162 g/mol. The standard InChI is InChI=1S/C6H4F2.CHFO/c7-5-3-1-2-4-6(5)8;2-1-3/h1-4H;1H. The number of carbonyl (C=O) groups is 1. The molecule has 0 spiro atoms. The van der Waals surface area contributed by atoms with Crippen molar-refractivity contribution in [1.29, 1.82) is 0 Å². The van der Waals surface area contributed by atoms with E-state index in [0.29, 0.717) is 0 Å². The molecule has 0 aliphatic carbocycles. The van der Waals surface area contributed by atoms with Crippen molar-refractivity contribution in [3.63, 3.8) is 0 Å². The fraction of sp³-hybridized carbons (Fsp3) is 0. The Balaban J connectivity index is 0.000000292. The van der Waals surface area contributed by atoms with Gasteiger partial charge >= 0.3 is 0 Å². The lowest BCUT2D eigenvalue weighted by atomic mass is 10.3. The van der Waals surface area contributed by atoms with Crippen molar-refractivity contribution in [3.8, 4) is 0 Å². The van der Waals surface area contributed by atoms with Crippen LogP contribution in [0.3, 0.4) is 0 Å². The summed E-state index contributed by atoms with van der Waals surface area (Å²) in [7, 11) is 0. The molecule has 1 aromatic rings. The van der Waals surface area contributed by atoms with Gasteiger partial charge in [-0.3, -0.25) is 4.79 Å². The van der Waals surface area contributed by atoms with Crippen LogP contribution in [0.15, 0.2) is 24.3 Å². The third-order valence-electron chi connectivity index (χ3n) is 0.824. The summed E-state index contributed by atoms with van der Waals surface area (Å²) in [5, 5.41) is 0. The van der Waals surface area contributed by atoms with Gasteiger partial charge in [0.1, 0.15) is 0 Å². The van der Waals surface area contributed by atoms with Gasteiger partial charge in [-0.05, 0) is 12.1 Å². The highest BCUT2D eigenvalue weighted by Crippen LogP contribution is 2.01. The maximum atomic E-state index is 11.9. The molecule has 0 amide bonds. The van der Waals surface area contributed by atoms with Crippen molar-refractivity contribution in [1.82, 2.24) is 0 Å². The molecule has 0 atom stereocenters. The molecule has 60 valence electrons. The second-order valence-corrected chi connectivity index (χ2v) is 1.50. The van der Waals surface area contributed by atoms with Crippen LogP contribution in [0.1, 0.15) is 0 Å². The topological polar surface area (TPSA) is 17.1 Å². The molecule has 0 bridgehead atoms. The van der Waals surface area contributed by atoms with E-state index in [4.69, 9.17) is 4.79 Å². The molecule has 4 heteroatoms. The van der Waals surface area contributed by atoms with Crippen LogP contribution in [0.4, 0.5) is 13.2 Å². The fourth-order valence-corrected chi connectivity index (χ4v) is 0.439. The first kappa shape index (κ1) is 9.68. The number of hydrogen-bond donors (Lipinski definition) is 0. The Hall–Kier alpha value is -1.32. The van der Waals surface area contributed by atoms with E-state index in [9.17, 15) is 13.2 Å². The lowest BCUT2D eigenvalue weighted by molar-refractivity contribution is 0.508. The molecule has 0 unspecified atom stereocenters. The molecular weight excluding hydrogens is 157 g/mol. The molecular formula is C7H5F3O. The van der Waals surface area contributed by atoms with Crippen LogP contribution in [0.5, 0.6) is 0 Å². The van der Waals surface area contributed by atoms with Crippen molar-refractivity contribution in [2.75, 3.05) is 0 Å². The van der Waals surface area contributed by atoms with Crippen LogP contribution in [-0.2, 0) is 4.79 Å². The van der Waals surface area contributed by atoms with Gasteiger partial charge in [0, 0.05) is 0 Å². The Morgan fingerprint density at radius 3 is 1.55 bits per heavy atom. The van der Waals surface area contributed by atoms with E-state index >= 15 is 0 Å². The molecule has 0 heterocycles. The van der Waals surface area contributed by atoms with Crippen molar-refractivity contribution < 1.29 is 18.0 Å². The molecule has 1 nitrogen and oxygen atoms in total. The molecule has 0 aliphatic heterocycles. The molecule has 1 rings (SSSR count). The number of benzene rings is 1. The zero-order valence-corrected chi connectivity index (χ0v) is 5.43. The lowest BCUT2D eigenvalue weighted by Crippen LogP contribution is -1.77. The van der Waals surface area contributed by atoms with Crippen LogP contribution >= 0.6 is 0 Å². The normalized spacial score (nSPS) is 7.91. The zero-order chi connectivity index (χ0) is 8.69. The molecule has 0 radical (unpaired) electrons. The summed E-state index contributed by atoms with van der Waals surface area (Å²) in [6.45, 7) is -0.750. The number of rotatable bonds is 0. The first-order chi connectivity index (χ1) is 5.22. The van der Waals surface area contributed by atoms with E-state index < -0.39 is 18.2 Å². The summed E-state index contributed by atoms with van der Waals surface area (Å²) in [5.41, 5.74) is 0. The molecule has 0 N–H and O–H groups in total. The largest absolute Gasteiger partial charge is 0.289 e. The predicted octanol–water partition coefficient (Wildman–Crippen LogP) is 2.11. The molecule has 1 aromatic carbocycles. The van der Waals surface area contributed by atoms with Gasteiger partial charge in [0.2, 0.25) is 0 Å². The Kier molecular flexibility index (Phi) is 4.81. The van der Waals surface area contributed by atoms with E-state index in [1.165, 1.54) is 12.1 Å². The maximum absolute atomic E-state index is 11.9. The van der Waals surface area contributed by atoms with Gasteiger partial charge in [0.05, 0.1) is 0 Å². The van der Waals surface area contributed by atoms with Crippen LogP contribution < -0.4 is 0 Å². The summed E-state index contributed by atoms with van der Waals surface area (Å²) in [6, 6.07) is 5.04. The van der Waals surface area contributed by atoms with Gasteiger partial charge in [0.25, 0.3) is 6.54 Å². The van der Waals surface area contributed by atoms with Crippen LogP contribution in [0.25, 0.3) is 0 Å². The lowest BCUT2D eigenvalue weighted by Gasteiger charge is -1.85. The predicted molar refractivity (Wildman–Crippen MR) is 34.2 cm³/mol. The van der Waals surface area contributed by atoms with Gasteiger partial charge in [-0.1, -0.05) is 12.1 Å². The SMILES string of the molecule is Fc1ccccc1F.O=CF. The summed E-state index contributed by atoms with van der Waals surface area (Å²) in [6.07, 6.45) is 0. The van der Waals surface area contributed by atoms with Gasteiger partial charge in [0.15, 0.2) is 11.6 Å². The van der Waals surface area contributed by atoms with Gasteiger partial charge < -0.3 is 0 Å². The van der Waals surface area contributed by atoms with Crippen molar-refractivity contribution in [2.45, 2.75) is 0 Å². The minimum Gasteiger partial charge on any atom is -0.265 e. The molecule has 0 saturated heterocycles. The second kappa shape index (κ2) is 5.46. The third-order valence-corrected chi connectivity index (χ3v) is 0.824. The van der Waals surface area contributed by atoms with E-state index in [1.807, 2.05) is 0 Å². The molecule has 11 heavy (non-hydrogen) atoms. The quantitative estimate of drug-likeness (QED) is 0.421. The van der Waals surface area contributed by atoms with E-state index in [1.54, 1.807) is 0 Å². The number of halogens is 3. The zero-order valence-electron chi connectivity index (χ0n) is 5.43. The molecule has 0 fully saturated rings. The Morgan fingerprint density at radius 2 is 1.36 bits per heavy atom. The van der Waals surface area contributed by atoms with E-state index in [2.05, 4.69) is 0 Å². The van der Waals surface area contributed by atoms with Crippen LogP contribution in [-0.4, -0.2) is 6.54 Å². The highest BCUT2D eigenvalue weighted by molar-refractivity contribution is 5.35. The second-order valence-electron chi connectivity index (χ2n) is 1.50. The minimum absolute atomic E-state index is 0.750. The summed E-state index contributed by atoms with van der Waals surface area (Å²) in [4.78, 5) is 8.14. The average molecular weight is 162 g/mol. The van der Waals surface area contributed by atoms with Crippen molar-refractivity contribution in [2.24, 2.45) is 0 Å². The Morgan fingerprint density at radius 1 is 1.09 bits per heavy atom. The van der Waals surface area contributed by atoms with Crippen LogP contribution in [0, 0.1) is 11.6 Å². The molecule has 0 saturated carbocycles. The van der Waals surface area contributed by atoms with Crippen molar-refractivity contribution >= 4 is 6.54 Å². The number of hydrogen-bond acceptors (Lipinski definition) is 1. The summed E-state index contributed by atoms with van der Waals surface area (Å²) < 4.78 is 33.5. The Labute approximate surface area is 61.5 Å². The van der Waals surface area contributed by atoms with Gasteiger partial charge in [-0.15, -0.1) is 0 Å². The average Bonchev–Trinajstić information content (AvgIpc) is 1.97. The maximum Gasteiger partial charge on any atom is 0.289 e. The minimum atomic E-state index is -0.799. The highest BCUT2D eigenvalue weighted by Gasteiger charge is 1.93. The van der Waals surface area contributed by atoms with Crippen LogP contribution in [0.2, 0.25) is 0 Å². The first-order valence-corrected chi connectivity index (χ1v) is 2.66.